The first kappa shape index (κ1) is 100. The molecule has 0 radical (unpaired) electrons. The average Bonchev–Trinajstić information content (AvgIpc) is 1.60. The van der Waals surface area contributed by atoms with E-state index >= 15 is 0 Å². The number of aryl methyl sites for hydroxylation is 2. The largest absolute Gasteiger partial charge is 2.00 e. The minimum atomic E-state index is 0. The molecule has 594 valence electrons. The number of rotatable bonds is 68. The van der Waals surface area contributed by atoms with Gasteiger partial charge in [-0.1, -0.05) is 426 Å². The van der Waals surface area contributed by atoms with Crippen molar-refractivity contribution < 1.29 is 21.2 Å². The van der Waals surface area contributed by atoms with Crippen molar-refractivity contribution in [2.75, 3.05) is 0 Å². The van der Waals surface area contributed by atoms with Gasteiger partial charge in [0.15, 0.2) is 0 Å². The summed E-state index contributed by atoms with van der Waals surface area (Å²) in [6.07, 6.45) is 89.6. The number of unbranched alkanes of at least 4 members (excludes halogenated alkanes) is 52. The Hall–Kier alpha value is -2.87. The third-order valence-electron chi connectivity index (χ3n) is 22.3. The van der Waals surface area contributed by atoms with Gasteiger partial charge >= 0.3 is 16.5 Å². The van der Waals surface area contributed by atoms with Gasteiger partial charge < -0.3 is 19.4 Å². The van der Waals surface area contributed by atoms with E-state index in [0.717, 1.165) is 121 Å². The van der Waals surface area contributed by atoms with E-state index in [-0.39, 0.29) is 16.5 Å². The van der Waals surface area contributed by atoms with Gasteiger partial charge in [0.1, 0.15) is 0 Å². The summed E-state index contributed by atoms with van der Waals surface area (Å²) in [6, 6.07) is 18.1. The molecule has 1 aliphatic heterocycles. The Labute approximate surface area is 657 Å². The second-order valence-electron chi connectivity index (χ2n) is 31.7. The van der Waals surface area contributed by atoms with E-state index in [4.69, 9.17) is 0 Å². The van der Waals surface area contributed by atoms with Crippen molar-refractivity contribution in [2.24, 2.45) is 11.8 Å². The molecule has 103 heavy (non-hydrogen) atoms. The minimum Gasteiger partial charge on any atom is -0.493 e. The molecule has 2 aromatic carbocycles. The molecule has 0 N–H and O–H groups in total. The number of nitrogens with zero attached hydrogens (tertiary/aromatic N) is 2. The maximum Gasteiger partial charge on any atom is 2.00 e. The predicted octanol–water partition coefficient (Wildman–Crippen LogP) is 34.7. The van der Waals surface area contributed by atoms with Crippen LogP contribution in [0.25, 0.3) is 16.9 Å². The van der Waals surface area contributed by atoms with Crippen LogP contribution in [0.5, 0.6) is 0 Å². The van der Waals surface area contributed by atoms with Crippen LogP contribution < -0.4 is 0 Å². The molecule has 3 heteroatoms. The first-order valence-electron chi connectivity index (χ1n) is 46.0. The summed E-state index contributed by atoms with van der Waals surface area (Å²) in [5, 5.41) is 0. The molecule has 0 amide bonds. The summed E-state index contributed by atoms with van der Waals surface area (Å²) in [7, 11) is 0. The smallest absolute Gasteiger partial charge is 0.493 e. The van der Waals surface area contributed by atoms with E-state index in [0.29, 0.717) is 11.8 Å². The average molecular weight is 1460 g/mol. The van der Waals surface area contributed by atoms with Crippen molar-refractivity contribution in [1.29, 1.82) is 0 Å². The summed E-state index contributed by atoms with van der Waals surface area (Å²) in [6.45, 7) is 26.2. The molecular formula is C100H174N2Ni. The van der Waals surface area contributed by atoms with E-state index in [9.17, 15) is 5.53 Å². The third kappa shape index (κ3) is 56.1. The van der Waals surface area contributed by atoms with Crippen LogP contribution in [0.3, 0.4) is 0 Å². The van der Waals surface area contributed by atoms with Crippen LogP contribution >= 0.6 is 0 Å². The zero-order valence-corrected chi connectivity index (χ0v) is 71.5. The van der Waals surface area contributed by atoms with E-state index in [1.54, 1.807) is 4.70 Å². The fourth-order valence-electron chi connectivity index (χ4n) is 15.1. The minimum absolute atomic E-state index is 0. The molecular weight excluding hydrogens is 1290 g/mol. The Bertz CT molecular complexity index is 2300. The second kappa shape index (κ2) is 78.7. The van der Waals surface area contributed by atoms with E-state index in [1.807, 2.05) is 0 Å². The van der Waals surface area contributed by atoms with Gasteiger partial charge in [0.05, 0.1) is 0 Å². The van der Waals surface area contributed by atoms with Crippen LogP contribution in [0.4, 0.5) is 0 Å². The van der Waals surface area contributed by atoms with Gasteiger partial charge in [-0.05, 0) is 99.3 Å². The van der Waals surface area contributed by atoms with Crippen molar-refractivity contribution in [3.63, 3.8) is 0 Å². The number of benzene rings is 2. The summed E-state index contributed by atoms with van der Waals surface area (Å²) in [5.74, 6) is 15.6. The van der Waals surface area contributed by atoms with Gasteiger partial charge in [-0.25, -0.2) is 4.70 Å². The van der Waals surface area contributed by atoms with Crippen LogP contribution in [-0.4, -0.2) is 4.70 Å². The topological polar surface area (TPSA) is 25.3 Å². The zero-order valence-electron chi connectivity index (χ0n) is 70.5. The summed E-state index contributed by atoms with van der Waals surface area (Å²) in [4.78, 5) is 0. The fraction of sp³-hybridized carbons (Fsp3) is 0.780. The Morgan fingerprint density at radius 2 is 0.534 bits per heavy atom. The second-order valence-corrected chi connectivity index (χ2v) is 31.7. The van der Waals surface area contributed by atoms with Crippen molar-refractivity contribution in [1.82, 2.24) is 0 Å². The van der Waals surface area contributed by atoms with Gasteiger partial charge in [0.25, 0.3) is 0 Å². The maximum atomic E-state index is 12.8. The fourth-order valence-corrected chi connectivity index (χ4v) is 15.1. The molecule has 2 unspecified atom stereocenters. The van der Waals surface area contributed by atoms with Crippen LogP contribution in [0, 0.1) is 49.4 Å². The summed E-state index contributed by atoms with van der Waals surface area (Å²) >= 11 is 0. The Morgan fingerprint density at radius 3 is 0.806 bits per heavy atom. The van der Waals surface area contributed by atoms with Crippen LogP contribution in [0.2, 0.25) is 0 Å². The van der Waals surface area contributed by atoms with E-state index in [2.05, 4.69) is 141 Å². The quantitative estimate of drug-likeness (QED) is 0.0207. The van der Waals surface area contributed by atoms with Crippen LogP contribution in [0.15, 0.2) is 59.7 Å². The summed E-state index contributed by atoms with van der Waals surface area (Å²) < 4.78 is 1.67. The van der Waals surface area contributed by atoms with Crippen LogP contribution in [-0.2, 0) is 29.3 Å². The molecule has 1 aliphatic rings. The Kier molecular flexibility index (Phi) is 76.5. The molecule has 1 heterocycles. The monoisotopic (exact) mass is 1460 g/mol. The first-order chi connectivity index (χ1) is 50.4. The zero-order chi connectivity index (χ0) is 73.9. The van der Waals surface area contributed by atoms with Crippen molar-refractivity contribution in [3.8, 4) is 23.7 Å². The molecule has 3 rings (SSSR count). The molecule has 0 fully saturated rings. The molecule has 0 saturated heterocycles. The predicted molar refractivity (Wildman–Crippen MR) is 461 cm³/mol. The number of hydrogen-bond acceptors (Lipinski definition) is 0. The van der Waals surface area contributed by atoms with Gasteiger partial charge in [0.2, 0.25) is 11.4 Å². The summed E-state index contributed by atoms with van der Waals surface area (Å²) in [5.41, 5.74) is 22.9. The standard InChI is InChI=1S/C72H116N2.2C14H29.Ni/c1-7-13-17-20-23-25-27-29-31-33-35-37-39-41-44-51-63(11-5)59-61-65-53-47-49-56-67(65)71-69(55-16-10-4)70(58-46-43-22-19-15-9-3)72(74(71)73)68-57-50-48-54-66(68)62-60-64(12-6)52-45-42-40-38-36-34-32-30-28-26-24-21-18-14-8-2;2*1-3-5-7-9-11-13-14-12-10-8-6-4-2;/h47-50,53-54,56-57,63-64H,7-40,43,46,51-52,55,58-62H2,1-6H3;2*1,3-14H2,2H3;/q;2*-1;+2. The molecule has 0 spiro atoms. The van der Waals surface area contributed by atoms with E-state index in [1.165, 1.54) is 361 Å². The van der Waals surface area contributed by atoms with Gasteiger partial charge in [-0.15, -0.1) is 23.7 Å². The first-order valence-corrected chi connectivity index (χ1v) is 46.0. The van der Waals surface area contributed by atoms with Gasteiger partial charge in [-0.3, -0.25) is 0 Å². The number of allylic oxidation sites excluding steroid dienone is 2. The molecule has 0 saturated carbocycles. The molecule has 2 aromatic rings. The maximum absolute atomic E-state index is 12.8. The SMILES string of the molecule is CCCCCCCCCCCCCCC#CCC(CC)CCc1ccccc1C1=C(CCCC)C(CCCCCCCC)=C(c2ccccc2CCC(CC)CC#CCCCCCCCCCCCCCC)[N+]1=[N-].[CH2-]CCCCCCCCCCCCC.[CH2-]CCCCCCCCCCCCC.[Ni+2]. The van der Waals surface area contributed by atoms with Crippen molar-refractivity contribution in [2.45, 2.75) is 492 Å². The number of hydrogen-bond donors (Lipinski definition) is 0. The normalized spacial score (nSPS) is 12.5. The Balaban J connectivity index is 0.00000297. The third-order valence-corrected chi connectivity index (χ3v) is 22.3. The molecule has 2 nitrogen and oxygen atoms in total. The molecule has 0 bridgehead atoms. The Morgan fingerprint density at radius 1 is 0.291 bits per heavy atom. The molecule has 0 aliphatic carbocycles. The van der Waals surface area contributed by atoms with Crippen LogP contribution in [0.1, 0.15) is 501 Å². The van der Waals surface area contributed by atoms with E-state index < -0.39 is 0 Å². The molecule has 0 aromatic heterocycles. The van der Waals surface area contributed by atoms with Gasteiger partial charge in [-0.2, -0.15) is 12.8 Å². The van der Waals surface area contributed by atoms with Gasteiger partial charge in [0, 0.05) is 48.0 Å². The van der Waals surface area contributed by atoms with Crippen molar-refractivity contribution in [3.05, 3.63) is 101 Å². The van der Waals surface area contributed by atoms with Crippen molar-refractivity contribution >= 4 is 11.4 Å². The molecule has 2 atom stereocenters.